The fourth-order valence-electron chi connectivity index (χ4n) is 2.89. The number of ether oxygens (including phenoxy) is 1. The molecule has 0 aromatic heterocycles. The zero-order valence-corrected chi connectivity index (χ0v) is 7.90. The summed E-state index contributed by atoms with van der Waals surface area (Å²) in [6.07, 6.45) is 3.71. The Labute approximate surface area is 78.1 Å². The first-order chi connectivity index (χ1) is 6.22. The lowest BCUT2D eigenvalue weighted by Crippen LogP contribution is -2.44. The van der Waals surface area contributed by atoms with Gasteiger partial charge in [0.1, 0.15) is 0 Å². The Balaban J connectivity index is 2.10. The molecule has 0 saturated heterocycles. The molecule has 2 bridgehead atoms. The van der Waals surface area contributed by atoms with Crippen molar-refractivity contribution in [2.45, 2.75) is 31.8 Å². The number of aliphatic hydroxyl groups is 1. The first-order valence-corrected chi connectivity index (χ1v) is 4.98. The predicted molar refractivity (Wildman–Crippen MR) is 47.0 cm³/mol. The van der Waals surface area contributed by atoms with E-state index in [1.165, 1.54) is 13.5 Å². The van der Waals surface area contributed by atoms with E-state index in [0.29, 0.717) is 5.92 Å². The molecule has 1 N–H and O–H groups in total. The number of fused-ring (bicyclic) bond motifs is 3. The van der Waals surface area contributed by atoms with E-state index in [0.717, 1.165) is 19.3 Å². The third-order valence-corrected chi connectivity index (χ3v) is 3.59. The summed E-state index contributed by atoms with van der Waals surface area (Å²) in [7, 11) is 1.43. The third-order valence-electron chi connectivity index (χ3n) is 3.59. The summed E-state index contributed by atoms with van der Waals surface area (Å²) < 4.78 is 4.74. The number of carbonyl (C=O) groups is 1. The highest BCUT2D eigenvalue weighted by Gasteiger charge is 2.44. The van der Waals surface area contributed by atoms with Crippen LogP contribution in [0, 0.1) is 17.8 Å². The molecule has 4 atom stereocenters. The number of hydrogen-bond acceptors (Lipinski definition) is 3. The van der Waals surface area contributed by atoms with Crippen LogP contribution in [0.3, 0.4) is 0 Å². The lowest BCUT2D eigenvalue weighted by Gasteiger charge is -2.44. The molecule has 3 aliphatic rings. The Morgan fingerprint density at radius 3 is 2.69 bits per heavy atom. The second-order valence-electron chi connectivity index (χ2n) is 4.28. The van der Waals surface area contributed by atoms with Gasteiger partial charge in [0.25, 0.3) is 0 Å². The summed E-state index contributed by atoms with van der Waals surface area (Å²) in [4.78, 5) is 11.4. The zero-order chi connectivity index (χ0) is 9.42. The smallest absolute Gasteiger partial charge is 0.309 e. The molecular weight excluding hydrogens is 168 g/mol. The van der Waals surface area contributed by atoms with Crippen LogP contribution in [0.5, 0.6) is 0 Å². The van der Waals surface area contributed by atoms with Gasteiger partial charge in [-0.15, -0.1) is 0 Å². The van der Waals surface area contributed by atoms with Gasteiger partial charge < -0.3 is 9.84 Å². The molecule has 0 radical (unpaired) electrons. The van der Waals surface area contributed by atoms with Crippen LogP contribution in [0.2, 0.25) is 0 Å². The van der Waals surface area contributed by atoms with Crippen LogP contribution in [-0.4, -0.2) is 24.3 Å². The Morgan fingerprint density at radius 2 is 2.15 bits per heavy atom. The summed E-state index contributed by atoms with van der Waals surface area (Å²) in [6.45, 7) is 0. The minimum absolute atomic E-state index is 0.0347. The lowest BCUT2D eigenvalue weighted by atomic mass is 9.63. The second-order valence-corrected chi connectivity index (χ2v) is 4.28. The van der Waals surface area contributed by atoms with Crippen LogP contribution >= 0.6 is 0 Å². The van der Waals surface area contributed by atoms with Crippen molar-refractivity contribution in [1.29, 1.82) is 0 Å². The van der Waals surface area contributed by atoms with E-state index >= 15 is 0 Å². The molecule has 3 rings (SSSR count). The third kappa shape index (κ3) is 1.46. The van der Waals surface area contributed by atoms with Crippen molar-refractivity contribution in [1.82, 2.24) is 0 Å². The Bertz CT molecular complexity index is 214. The predicted octanol–water partition coefficient (Wildman–Crippen LogP) is 0.956. The van der Waals surface area contributed by atoms with E-state index in [2.05, 4.69) is 0 Å². The molecule has 3 aliphatic carbocycles. The number of methoxy groups -OCH3 is 1. The summed E-state index contributed by atoms with van der Waals surface area (Å²) >= 11 is 0. The average Bonchev–Trinajstić information content (AvgIpc) is 2.17. The Hall–Kier alpha value is -0.570. The van der Waals surface area contributed by atoms with Crippen LogP contribution < -0.4 is 0 Å². The molecule has 0 amide bonds. The van der Waals surface area contributed by atoms with Gasteiger partial charge in [-0.05, 0) is 37.5 Å². The average molecular weight is 184 g/mol. The van der Waals surface area contributed by atoms with Crippen molar-refractivity contribution in [3.05, 3.63) is 0 Å². The van der Waals surface area contributed by atoms with Crippen LogP contribution in [0.1, 0.15) is 25.7 Å². The second kappa shape index (κ2) is 3.29. The molecule has 0 aliphatic heterocycles. The molecule has 0 unspecified atom stereocenters. The van der Waals surface area contributed by atoms with Gasteiger partial charge in [0, 0.05) is 0 Å². The van der Waals surface area contributed by atoms with E-state index in [9.17, 15) is 9.90 Å². The molecule has 3 heteroatoms. The molecule has 3 fully saturated rings. The maximum absolute atomic E-state index is 11.4. The molecule has 3 saturated carbocycles. The highest BCUT2D eigenvalue weighted by molar-refractivity contribution is 5.73. The van der Waals surface area contributed by atoms with Crippen LogP contribution in [0.25, 0.3) is 0 Å². The normalized spacial score (nSPS) is 43.2. The number of hydrogen-bond donors (Lipinski definition) is 1. The number of rotatable bonds is 1. The van der Waals surface area contributed by atoms with Gasteiger partial charge in [0.05, 0.1) is 19.1 Å². The van der Waals surface area contributed by atoms with Crippen LogP contribution in [0.15, 0.2) is 0 Å². The van der Waals surface area contributed by atoms with Crippen molar-refractivity contribution in [2.75, 3.05) is 7.11 Å². The molecule has 13 heavy (non-hydrogen) atoms. The van der Waals surface area contributed by atoms with Gasteiger partial charge in [0.15, 0.2) is 0 Å². The van der Waals surface area contributed by atoms with Gasteiger partial charge in [-0.2, -0.15) is 0 Å². The van der Waals surface area contributed by atoms with E-state index in [4.69, 9.17) is 4.74 Å². The van der Waals surface area contributed by atoms with Crippen molar-refractivity contribution >= 4 is 5.97 Å². The quantitative estimate of drug-likeness (QED) is 0.617. The highest BCUT2D eigenvalue weighted by atomic mass is 16.5. The zero-order valence-electron chi connectivity index (χ0n) is 7.90. The van der Waals surface area contributed by atoms with E-state index in [-0.39, 0.29) is 23.9 Å². The molecule has 0 heterocycles. The summed E-state index contributed by atoms with van der Waals surface area (Å²) in [5.74, 6) is 0.544. The summed E-state index contributed by atoms with van der Waals surface area (Å²) in [5, 5.41) is 9.71. The largest absolute Gasteiger partial charge is 0.469 e. The van der Waals surface area contributed by atoms with Gasteiger partial charge in [0.2, 0.25) is 0 Å². The summed E-state index contributed by atoms with van der Waals surface area (Å²) in [6, 6.07) is 0. The fourth-order valence-corrected chi connectivity index (χ4v) is 2.89. The SMILES string of the molecule is COC(=O)[C@H]1C[C@H]2CC[C@H]1[C@H](O)C2. The Morgan fingerprint density at radius 1 is 1.38 bits per heavy atom. The first kappa shape index (κ1) is 9.00. The minimum atomic E-state index is -0.267. The van der Waals surface area contributed by atoms with E-state index < -0.39 is 0 Å². The highest BCUT2D eigenvalue weighted by Crippen LogP contribution is 2.45. The maximum atomic E-state index is 11.4. The Kier molecular flexibility index (Phi) is 2.28. The molecule has 0 aromatic carbocycles. The lowest BCUT2D eigenvalue weighted by molar-refractivity contribution is -0.156. The first-order valence-electron chi connectivity index (χ1n) is 4.98. The number of esters is 1. The molecular formula is C10H16O3. The van der Waals surface area contributed by atoms with Crippen molar-refractivity contribution in [3.63, 3.8) is 0 Å². The topological polar surface area (TPSA) is 46.5 Å². The standard InChI is InChI=1S/C10H16O3/c1-13-10(12)8-4-6-2-3-7(8)9(11)5-6/h6-9,11H,2-5H2,1H3/t6-,7-,8+,9-/m1/s1. The minimum Gasteiger partial charge on any atom is -0.469 e. The number of carbonyl (C=O) groups excluding carboxylic acids is 1. The van der Waals surface area contributed by atoms with Crippen molar-refractivity contribution in [2.24, 2.45) is 17.8 Å². The van der Waals surface area contributed by atoms with Gasteiger partial charge in [-0.3, -0.25) is 4.79 Å². The van der Waals surface area contributed by atoms with Gasteiger partial charge >= 0.3 is 5.97 Å². The molecule has 0 aromatic rings. The fraction of sp³-hybridized carbons (Fsp3) is 0.900. The van der Waals surface area contributed by atoms with E-state index in [1.807, 2.05) is 0 Å². The number of aliphatic hydroxyl groups excluding tert-OH is 1. The van der Waals surface area contributed by atoms with E-state index in [1.54, 1.807) is 0 Å². The van der Waals surface area contributed by atoms with Crippen molar-refractivity contribution in [3.8, 4) is 0 Å². The van der Waals surface area contributed by atoms with Gasteiger partial charge in [-0.1, -0.05) is 0 Å². The summed E-state index contributed by atoms with van der Waals surface area (Å²) in [5.41, 5.74) is 0. The molecule has 0 spiro atoms. The van der Waals surface area contributed by atoms with Crippen LogP contribution in [-0.2, 0) is 9.53 Å². The van der Waals surface area contributed by atoms with Crippen LogP contribution in [0.4, 0.5) is 0 Å². The van der Waals surface area contributed by atoms with Gasteiger partial charge in [-0.25, -0.2) is 0 Å². The van der Waals surface area contributed by atoms with Crippen molar-refractivity contribution < 1.29 is 14.6 Å². The monoisotopic (exact) mass is 184 g/mol. The molecule has 3 nitrogen and oxygen atoms in total. The molecule has 74 valence electrons. The maximum Gasteiger partial charge on any atom is 0.309 e.